The van der Waals surface area contributed by atoms with Crippen molar-refractivity contribution in [3.63, 3.8) is 0 Å². The monoisotopic (exact) mass is 515 g/mol. The first-order valence-electron chi connectivity index (χ1n) is 13.6. The van der Waals surface area contributed by atoms with Crippen LogP contribution in [-0.4, -0.2) is 24.1 Å². The molecule has 2 aliphatic rings. The van der Waals surface area contributed by atoms with Gasteiger partial charge in [-0.3, -0.25) is 4.79 Å². The summed E-state index contributed by atoms with van der Waals surface area (Å²) in [6, 6.07) is 32.6. The van der Waals surface area contributed by atoms with Crippen molar-refractivity contribution in [2.75, 3.05) is 4.90 Å². The molecule has 0 aromatic heterocycles. The van der Waals surface area contributed by atoms with Crippen molar-refractivity contribution in [2.24, 2.45) is 0 Å². The minimum Gasteiger partial charge on any atom is -0.399 e. The lowest BCUT2D eigenvalue weighted by molar-refractivity contribution is 0.00578. The first kappa shape index (κ1) is 25.6. The number of hydrogen-bond donors (Lipinski definition) is 0. The maximum atomic E-state index is 13.4. The van der Waals surface area contributed by atoms with E-state index in [9.17, 15) is 4.79 Å². The molecule has 0 amide bonds. The summed E-state index contributed by atoms with van der Waals surface area (Å²) >= 11 is 0. The van der Waals surface area contributed by atoms with Crippen LogP contribution in [0, 0.1) is 0 Å². The van der Waals surface area contributed by atoms with Crippen molar-refractivity contribution in [3.8, 4) is 0 Å². The molecule has 2 aliphatic heterocycles. The molecular weight excluding hydrogens is 481 g/mol. The summed E-state index contributed by atoms with van der Waals surface area (Å²) in [7, 11) is -0.446. The lowest BCUT2D eigenvalue weighted by Crippen LogP contribution is -2.41. The number of carbonyl (C=O) groups excluding carboxylic acids is 1. The van der Waals surface area contributed by atoms with Gasteiger partial charge in [0.05, 0.1) is 22.6 Å². The highest BCUT2D eigenvalue weighted by atomic mass is 16.7. The second kappa shape index (κ2) is 8.94. The van der Waals surface area contributed by atoms with Crippen LogP contribution < -0.4 is 10.4 Å². The van der Waals surface area contributed by atoms with Gasteiger partial charge in [0.25, 0.3) is 0 Å². The van der Waals surface area contributed by atoms with Gasteiger partial charge in [-0.05, 0) is 80.7 Å². The van der Waals surface area contributed by atoms with E-state index in [1.165, 1.54) is 22.5 Å². The van der Waals surface area contributed by atoms with E-state index in [0.717, 1.165) is 11.2 Å². The highest BCUT2D eigenvalue weighted by Gasteiger charge is 2.51. The van der Waals surface area contributed by atoms with E-state index in [4.69, 9.17) is 9.31 Å². The van der Waals surface area contributed by atoms with Crippen LogP contribution in [0.1, 0.15) is 68.6 Å². The summed E-state index contributed by atoms with van der Waals surface area (Å²) in [6.07, 6.45) is 0. The van der Waals surface area contributed by atoms with Gasteiger partial charge in [0, 0.05) is 22.2 Å². The minimum absolute atomic E-state index is 0.0115. The molecule has 0 unspecified atom stereocenters. The minimum atomic E-state index is -0.446. The number of nitrogens with zero attached hydrogens (tertiary/aromatic N) is 1. The Kier molecular flexibility index (Phi) is 5.87. The van der Waals surface area contributed by atoms with Gasteiger partial charge in [0.15, 0.2) is 5.78 Å². The molecule has 4 nitrogen and oxygen atoms in total. The zero-order valence-electron chi connectivity index (χ0n) is 23.5. The number of benzene rings is 4. The van der Waals surface area contributed by atoms with Crippen LogP contribution in [-0.2, 0) is 14.7 Å². The van der Waals surface area contributed by atoms with E-state index in [1.54, 1.807) is 0 Å². The molecule has 6 rings (SSSR count). The Morgan fingerprint density at radius 2 is 1.05 bits per heavy atom. The van der Waals surface area contributed by atoms with E-state index < -0.39 is 18.3 Å². The third-order valence-corrected chi connectivity index (χ3v) is 8.72. The summed E-state index contributed by atoms with van der Waals surface area (Å²) < 4.78 is 12.3. The van der Waals surface area contributed by atoms with Crippen molar-refractivity contribution < 1.29 is 14.1 Å². The number of ketones is 1. The average molecular weight is 515 g/mol. The topological polar surface area (TPSA) is 38.8 Å². The zero-order chi connectivity index (χ0) is 27.6. The lowest BCUT2D eigenvalue weighted by atomic mass is 9.73. The number of hydrogen-bond acceptors (Lipinski definition) is 4. The summed E-state index contributed by atoms with van der Waals surface area (Å²) in [5.41, 5.74) is 7.21. The molecule has 2 heterocycles. The fourth-order valence-corrected chi connectivity index (χ4v) is 5.65. The molecule has 4 aromatic rings. The molecule has 0 bridgehead atoms. The molecule has 0 saturated carbocycles. The summed E-state index contributed by atoms with van der Waals surface area (Å²) in [4.78, 5) is 15.7. The fourth-order valence-electron chi connectivity index (χ4n) is 5.65. The number of carbonyl (C=O) groups is 1. The number of fused-ring (bicyclic) bond motifs is 2. The Bertz CT molecular complexity index is 1490. The molecular formula is C34H34BNO3. The van der Waals surface area contributed by atoms with Crippen molar-refractivity contribution in [2.45, 2.75) is 58.2 Å². The maximum Gasteiger partial charge on any atom is 0.494 e. The average Bonchev–Trinajstić information content (AvgIpc) is 3.15. The van der Waals surface area contributed by atoms with Gasteiger partial charge < -0.3 is 14.2 Å². The van der Waals surface area contributed by atoms with Gasteiger partial charge in [-0.1, -0.05) is 74.5 Å². The number of rotatable bonds is 4. The highest BCUT2D eigenvalue weighted by molar-refractivity contribution is 6.62. The third kappa shape index (κ3) is 4.12. The van der Waals surface area contributed by atoms with Gasteiger partial charge in [-0.25, -0.2) is 0 Å². The summed E-state index contributed by atoms with van der Waals surface area (Å²) in [6.45, 7) is 12.7. The van der Waals surface area contributed by atoms with E-state index in [2.05, 4.69) is 67.3 Å². The highest BCUT2D eigenvalue weighted by Crippen LogP contribution is 2.51. The van der Waals surface area contributed by atoms with Crippen molar-refractivity contribution in [3.05, 3.63) is 119 Å². The van der Waals surface area contributed by atoms with Crippen LogP contribution in [0.2, 0.25) is 0 Å². The Morgan fingerprint density at radius 1 is 0.615 bits per heavy atom. The molecule has 0 radical (unpaired) electrons. The molecule has 0 spiro atoms. The second-order valence-corrected chi connectivity index (χ2v) is 12.1. The molecule has 5 heteroatoms. The normalized spacial score (nSPS) is 18.4. The predicted octanol–water partition coefficient (Wildman–Crippen LogP) is 7.33. The van der Waals surface area contributed by atoms with Crippen LogP contribution >= 0.6 is 0 Å². The maximum absolute atomic E-state index is 13.4. The van der Waals surface area contributed by atoms with Crippen LogP contribution in [0.3, 0.4) is 0 Å². The molecule has 0 aliphatic carbocycles. The zero-order valence-corrected chi connectivity index (χ0v) is 23.5. The summed E-state index contributed by atoms with van der Waals surface area (Å²) in [5, 5.41) is 0. The lowest BCUT2D eigenvalue weighted by Gasteiger charge is -2.42. The van der Waals surface area contributed by atoms with Crippen LogP contribution in [0.5, 0.6) is 0 Å². The third-order valence-electron chi connectivity index (χ3n) is 8.72. The first-order valence-corrected chi connectivity index (χ1v) is 13.6. The van der Waals surface area contributed by atoms with Gasteiger partial charge in [-0.15, -0.1) is 0 Å². The van der Waals surface area contributed by atoms with Gasteiger partial charge in [0.1, 0.15) is 0 Å². The standard InChI is InChI=1S/C34H34BNO3/c1-32(2)27-11-7-9-13-29(27)36(30-14-10-8-12-28(30)32)26-21-17-24(18-22-26)31(37)23-15-19-25(20-16-23)35-38-33(3,4)34(5,6)39-35/h7-22H,1-6H3. The molecule has 1 saturated heterocycles. The molecule has 39 heavy (non-hydrogen) atoms. The first-order chi connectivity index (χ1) is 18.5. The molecule has 0 N–H and O–H groups in total. The van der Waals surface area contributed by atoms with E-state index >= 15 is 0 Å². The van der Waals surface area contributed by atoms with Crippen LogP contribution in [0.4, 0.5) is 17.1 Å². The van der Waals surface area contributed by atoms with Crippen molar-refractivity contribution in [1.82, 2.24) is 0 Å². The summed E-state index contributed by atoms with van der Waals surface area (Å²) in [5.74, 6) is -0.0115. The SMILES string of the molecule is CC1(C)c2ccccc2N(c2ccc(C(=O)c3ccc(B4OC(C)(C)C(C)(C)O4)cc3)cc2)c2ccccc21. The van der Waals surface area contributed by atoms with E-state index in [-0.39, 0.29) is 11.2 Å². The van der Waals surface area contributed by atoms with Gasteiger partial charge in [-0.2, -0.15) is 0 Å². The number of anilines is 3. The van der Waals surface area contributed by atoms with Crippen LogP contribution in [0.15, 0.2) is 97.1 Å². The molecule has 196 valence electrons. The largest absolute Gasteiger partial charge is 0.494 e. The fraction of sp³-hybridized carbons (Fsp3) is 0.265. The molecule has 0 atom stereocenters. The van der Waals surface area contributed by atoms with Gasteiger partial charge in [0.2, 0.25) is 0 Å². The predicted molar refractivity (Wildman–Crippen MR) is 159 cm³/mol. The van der Waals surface area contributed by atoms with Crippen LogP contribution in [0.25, 0.3) is 0 Å². The molecule has 1 fully saturated rings. The van der Waals surface area contributed by atoms with E-state index in [0.29, 0.717) is 11.1 Å². The Labute approximate surface area is 231 Å². The van der Waals surface area contributed by atoms with Crippen molar-refractivity contribution in [1.29, 1.82) is 0 Å². The molecule has 4 aromatic carbocycles. The quantitative estimate of drug-likeness (QED) is 0.211. The number of para-hydroxylation sites is 2. The Balaban J connectivity index is 1.27. The Hall–Kier alpha value is -3.67. The van der Waals surface area contributed by atoms with Crippen molar-refractivity contribution >= 4 is 35.4 Å². The smallest absolute Gasteiger partial charge is 0.399 e. The Morgan fingerprint density at radius 3 is 1.54 bits per heavy atom. The second-order valence-electron chi connectivity index (χ2n) is 12.1. The van der Waals surface area contributed by atoms with Gasteiger partial charge >= 0.3 is 7.12 Å². The van der Waals surface area contributed by atoms with E-state index in [1.807, 2.05) is 76.2 Å².